The van der Waals surface area contributed by atoms with Crippen LogP contribution in [0.4, 0.5) is 4.79 Å². The Hall–Kier alpha value is -3.76. The van der Waals surface area contributed by atoms with Crippen LogP contribution in [0, 0.1) is 0 Å². The minimum atomic E-state index is -0.534. The van der Waals surface area contributed by atoms with E-state index in [1.54, 1.807) is 0 Å². The number of esters is 1. The number of aliphatic hydroxyl groups is 1. The standard InChI is InChI=1S/C36H50N4O6/c1-44-32(42)26-38-34-36(21-11-5-12-22-36)39-33(46-34)31(40(24-14-15-25-41)27-29-16-6-2-7-17-29)20-10-4-13-23-37-35(43)45-28-30-18-8-3-9-19-30/h2-3,6-9,16-19,31,41H,4-5,10-15,20-28H2,1H3,(H,37,43). The van der Waals surface area contributed by atoms with Crippen molar-refractivity contribution in [2.75, 3.05) is 33.4 Å². The monoisotopic (exact) mass is 634 g/mol. The molecule has 0 bridgehead atoms. The SMILES string of the molecule is COC(=O)CN=C1OC(C(CCCCCNC(=O)OCc2ccccc2)N(CCCCO)Cc2ccccc2)=NC12CCCCC2. The Kier molecular flexibility index (Phi) is 14.5. The summed E-state index contributed by atoms with van der Waals surface area (Å²) in [5.74, 6) is 0.790. The summed E-state index contributed by atoms with van der Waals surface area (Å²) in [6.07, 6.45) is 9.50. The van der Waals surface area contributed by atoms with Gasteiger partial charge < -0.3 is 24.6 Å². The number of rotatable bonds is 18. The maximum atomic E-state index is 12.2. The lowest BCUT2D eigenvalue weighted by atomic mass is 9.82. The molecule has 1 unspecified atom stereocenters. The number of aliphatic imine (C=N–C) groups is 2. The second-order valence-electron chi connectivity index (χ2n) is 12.1. The maximum absolute atomic E-state index is 12.2. The fourth-order valence-electron chi connectivity index (χ4n) is 6.12. The highest BCUT2D eigenvalue weighted by atomic mass is 16.5. The first-order valence-corrected chi connectivity index (χ1v) is 16.8. The highest BCUT2D eigenvalue weighted by molar-refractivity contribution is 6.05. The van der Waals surface area contributed by atoms with Gasteiger partial charge in [0.15, 0.2) is 0 Å². The number of ether oxygens (including phenoxy) is 3. The summed E-state index contributed by atoms with van der Waals surface area (Å²) in [7, 11) is 1.36. The van der Waals surface area contributed by atoms with E-state index in [0.717, 1.165) is 82.9 Å². The number of carbonyl (C=O) groups excluding carboxylic acids is 2. The van der Waals surface area contributed by atoms with Gasteiger partial charge in [0, 0.05) is 19.7 Å². The zero-order chi connectivity index (χ0) is 32.5. The lowest BCUT2D eigenvalue weighted by molar-refractivity contribution is -0.138. The molecule has 1 heterocycles. The molecule has 1 aliphatic carbocycles. The third kappa shape index (κ3) is 10.9. The Morgan fingerprint density at radius 1 is 0.978 bits per heavy atom. The van der Waals surface area contributed by atoms with Crippen molar-refractivity contribution >= 4 is 23.9 Å². The Bertz CT molecular complexity index is 1260. The first-order valence-electron chi connectivity index (χ1n) is 16.8. The van der Waals surface area contributed by atoms with Crippen molar-refractivity contribution in [2.45, 2.75) is 95.4 Å². The van der Waals surface area contributed by atoms with Crippen molar-refractivity contribution in [2.24, 2.45) is 9.98 Å². The van der Waals surface area contributed by atoms with Gasteiger partial charge in [-0.25, -0.2) is 14.8 Å². The first kappa shape index (κ1) is 35.1. The Morgan fingerprint density at radius 3 is 2.39 bits per heavy atom. The van der Waals surface area contributed by atoms with E-state index in [1.807, 2.05) is 48.5 Å². The zero-order valence-electron chi connectivity index (χ0n) is 27.2. The molecule has 2 aliphatic rings. The number of amides is 1. The normalized spacial score (nSPS) is 17.0. The van der Waals surface area contributed by atoms with Gasteiger partial charge >= 0.3 is 12.1 Å². The van der Waals surface area contributed by atoms with Crippen LogP contribution >= 0.6 is 0 Å². The highest BCUT2D eigenvalue weighted by Gasteiger charge is 2.46. The molecular formula is C36H50N4O6. The van der Waals surface area contributed by atoms with Crippen LogP contribution < -0.4 is 5.32 Å². The van der Waals surface area contributed by atoms with E-state index in [2.05, 4.69) is 27.3 Å². The molecular weight excluding hydrogens is 584 g/mol. The third-order valence-corrected chi connectivity index (χ3v) is 8.63. The Balaban J connectivity index is 1.44. The van der Waals surface area contributed by atoms with Crippen LogP contribution in [0.25, 0.3) is 0 Å². The number of aliphatic hydroxyl groups excluding tert-OH is 1. The molecule has 4 rings (SSSR count). The quantitative estimate of drug-likeness (QED) is 0.157. The van der Waals surface area contributed by atoms with Crippen molar-refractivity contribution in [1.29, 1.82) is 0 Å². The molecule has 1 fully saturated rings. The van der Waals surface area contributed by atoms with Crippen LogP contribution in [0.1, 0.15) is 81.8 Å². The molecule has 2 aromatic rings. The van der Waals surface area contributed by atoms with Crippen LogP contribution in [0.15, 0.2) is 70.6 Å². The second-order valence-corrected chi connectivity index (χ2v) is 12.1. The zero-order valence-corrected chi connectivity index (χ0v) is 27.2. The first-order chi connectivity index (χ1) is 22.5. The number of unbranched alkanes of at least 4 members (excludes halogenated alkanes) is 3. The van der Waals surface area contributed by atoms with E-state index in [4.69, 9.17) is 19.2 Å². The largest absolute Gasteiger partial charge is 0.468 e. The van der Waals surface area contributed by atoms with Gasteiger partial charge in [0.05, 0.1) is 13.2 Å². The maximum Gasteiger partial charge on any atom is 0.407 e. The topological polar surface area (TPSA) is 122 Å². The van der Waals surface area contributed by atoms with Gasteiger partial charge in [0.1, 0.15) is 18.7 Å². The molecule has 2 aromatic carbocycles. The third-order valence-electron chi connectivity index (χ3n) is 8.63. The number of nitrogens with one attached hydrogen (secondary N) is 1. The lowest BCUT2D eigenvalue weighted by Crippen LogP contribution is -2.42. The molecule has 1 saturated carbocycles. The van der Waals surface area contributed by atoms with Gasteiger partial charge in [0.25, 0.3) is 0 Å². The van der Waals surface area contributed by atoms with E-state index in [-0.39, 0.29) is 25.8 Å². The predicted octanol–water partition coefficient (Wildman–Crippen LogP) is 5.82. The molecule has 0 aromatic heterocycles. The number of hydrogen-bond donors (Lipinski definition) is 2. The number of nitrogens with zero attached hydrogens (tertiary/aromatic N) is 3. The van der Waals surface area contributed by atoms with Crippen LogP contribution in [0.2, 0.25) is 0 Å². The fourth-order valence-corrected chi connectivity index (χ4v) is 6.12. The van der Waals surface area contributed by atoms with Crippen molar-refractivity contribution in [1.82, 2.24) is 10.2 Å². The highest BCUT2D eigenvalue weighted by Crippen LogP contribution is 2.38. The molecule has 10 heteroatoms. The summed E-state index contributed by atoms with van der Waals surface area (Å²) >= 11 is 0. The minimum absolute atomic E-state index is 0.0912. The van der Waals surface area contributed by atoms with Crippen molar-refractivity contribution in [3.63, 3.8) is 0 Å². The van der Waals surface area contributed by atoms with Crippen molar-refractivity contribution in [3.05, 3.63) is 71.8 Å². The minimum Gasteiger partial charge on any atom is -0.468 e. The van der Waals surface area contributed by atoms with Gasteiger partial charge in [-0.2, -0.15) is 0 Å². The van der Waals surface area contributed by atoms with Crippen LogP contribution in [0.3, 0.4) is 0 Å². The second kappa shape index (κ2) is 19.0. The van der Waals surface area contributed by atoms with E-state index < -0.39 is 17.6 Å². The number of carbonyl (C=O) groups is 2. The summed E-state index contributed by atoms with van der Waals surface area (Å²) in [4.78, 5) is 36.5. The van der Waals surface area contributed by atoms with Crippen LogP contribution in [-0.4, -0.2) is 78.8 Å². The van der Waals surface area contributed by atoms with E-state index in [0.29, 0.717) is 24.8 Å². The summed E-state index contributed by atoms with van der Waals surface area (Å²) in [5.41, 5.74) is 1.61. The van der Waals surface area contributed by atoms with Gasteiger partial charge in [-0.1, -0.05) is 92.8 Å². The molecule has 250 valence electrons. The number of alkyl carbamates (subject to hydrolysis) is 1. The molecule has 2 N–H and O–H groups in total. The van der Waals surface area contributed by atoms with Gasteiger partial charge in [-0.05, 0) is 56.2 Å². The molecule has 0 saturated heterocycles. The number of methoxy groups -OCH3 is 1. The van der Waals surface area contributed by atoms with Gasteiger partial charge in [0.2, 0.25) is 11.8 Å². The van der Waals surface area contributed by atoms with E-state index in [9.17, 15) is 14.7 Å². The summed E-state index contributed by atoms with van der Waals surface area (Å²) in [6, 6.07) is 19.9. The molecule has 1 spiro atoms. The predicted molar refractivity (Wildman–Crippen MR) is 179 cm³/mol. The van der Waals surface area contributed by atoms with Crippen molar-refractivity contribution in [3.8, 4) is 0 Å². The lowest BCUT2D eigenvalue weighted by Gasteiger charge is -2.31. The molecule has 1 atom stereocenters. The van der Waals surface area contributed by atoms with Crippen LogP contribution in [0.5, 0.6) is 0 Å². The molecule has 0 radical (unpaired) electrons. The Labute approximate surface area is 273 Å². The van der Waals surface area contributed by atoms with Crippen molar-refractivity contribution < 1.29 is 28.9 Å². The van der Waals surface area contributed by atoms with Gasteiger partial charge in [-0.15, -0.1) is 0 Å². The van der Waals surface area contributed by atoms with E-state index in [1.165, 1.54) is 12.7 Å². The fraction of sp³-hybridized carbons (Fsp3) is 0.556. The summed E-state index contributed by atoms with van der Waals surface area (Å²) < 4.78 is 16.7. The number of benzene rings is 2. The average Bonchev–Trinajstić information content (AvgIpc) is 3.43. The average molecular weight is 635 g/mol. The summed E-state index contributed by atoms with van der Waals surface area (Å²) in [5, 5.41) is 12.4. The van der Waals surface area contributed by atoms with E-state index >= 15 is 0 Å². The molecule has 1 aliphatic heterocycles. The molecule has 1 amide bonds. The smallest absolute Gasteiger partial charge is 0.407 e. The molecule has 10 nitrogen and oxygen atoms in total. The van der Waals surface area contributed by atoms with Gasteiger partial charge in [-0.3, -0.25) is 9.69 Å². The summed E-state index contributed by atoms with van der Waals surface area (Å²) in [6.45, 7) is 2.33. The Morgan fingerprint density at radius 2 is 1.70 bits per heavy atom. The number of hydrogen-bond acceptors (Lipinski definition) is 9. The van der Waals surface area contributed by atoms with Crippen LogP contribution in [-0.2, 0) is 32.2 Å². The molecule has 46 heavy (non-hydrogen) atoms.